The smallest absolute Gasteiger partial charge is 0.118 e. The van der Waals surface area contributed by atoms with Crippen LogP contribution in [0.3, 0.4) is 0 Å². The summed E-state index contributed by atoms with van der Waals surface area (Å²) in [6, 6.07) is 7.97. The molecule has 0 aromatic heterocycles. The first-order valence-electron chi connectivity index (χ1n) is 3.86. The first-order chi connectivity index (χ1) is 5.72. The molecule has 1 unspecified atom stereocenters. The quantitative estimate of drug-likeness (QED) is 0.704. The van der Waals surface area contributed by atoms with E-state index in [9.17, 15) is 0 Å². The molecule has 1 nitrogen and oxygen atoms in total. The molecule has 0 aliphatic carbocycles. The Morgan fingerprint density at radius 2 is 2.00 bits per heavy atom. The molecule has 0 fully saturated rings. The van der Waals surface area contributed by atoms with Crippen LogP contribution in [0.1, 0.15) is 5.56 Å². The van der Waals surface area contributed by atoms with Crippen molar-refractivity contribution in [3.05, 3.63) is 36.8 Å². The molecule has 12 heavy (non-hydrogen) atoms. The third-order valence-electron chi connectivity index (χ3n) is 1.63. The highest BCUT2D eigenvalue weighted by Crippen LogP contribution is 2.13. The second-order valence-electron chi connectivity index (χ2n) is 2.71. The molecule has 0 aliphatic heterocycles. The number of thiol groups is 1. The first kappa shape index (κ1) is 9.46. The molecule has 1 aromatic carbocycles. The Morgan fingerprint density at radius 1 is 1.42 bits per heavy atom. The Balaban J connectivity index is 2.65. The van der Waals surface area contributed by atoms with E-state index in [2.05, 4.69) is 19.6 Å². The minimum Gasteiger partial charge on any atom is -0.497 e. The number of benzene rings is 1. The number of methoxy groups -OCH3 is 1. The lowest BCUT2D eigenvalue weighted by molar-refractivity contribution is 0.414. The van der Waals surface area contributed by atoms with E-state index < -0.39 is 0 Å². The Labute approximate surface area is 79.2 Å². The van der Waals surface area contributed by atoms with Crippen molar-refractivity contribution in [3.8, 4) is 5.75 Å². The van der Waals surface area contributed by atoms with E-state index in [4.69, 9.17) is 4.74 Å². The third kappa shape index (κ3) is 2.78. The second-order valence-corrected chi connectivity index (χ2v) is 3.44. The molecule has 0 heterocycles. The summed E-state index contributed by atoms with van der Waals surface area (Å²) in [7, 11) is 1.66. The van der Waals surface area contributed by atoms with Gasteiger partial charge in [-0.25, -0.2) is 0 Å². The maximum absolute atomic E-state index is 5.04. The highest BCUT2D eigenvalue weighted by Gasteiger charge is 1.97. The van der Waals surface area contributed by atoms with E-state index in [1.54, 1.807) is 7.11 Å². The largest absolute Gasteiger partial charge is 0.497 e. The fourth-order valence-corrected chi connectivity index (χ4v) is 1.24. The van der Waals surface area contributed by atoms with Crippen molar-refractivity contribution in [2.45, 2.75) is 11.7 Å². The van der Waals surface area contributed by atoms with Gasteiger partial charge in [-0.3, -0.25) is 0 Å². The predicted molar refractivity (Wildman–Crippen MR) is 54.8 cm³/mol. The van der Waals surface area contributed by atoms with Gasteiger partial charge >= 0.3 is 0 Å². The van der Waals surface area contributed by atoms with Gasteiger partial charge in [-0.15, -0.1) is 0 Å². The molecule has 1 aromatic rings. The molecular formula is C10H13OS. The molecule has 0 amide bonds. The van der Waals surface area contributed by atoms with Crippen LogP contribution in [0.5, 0.6) is 5.75 Å². The van der Waals surface area contributed by atoms with Gasteiger partial charge in [0.2, 0.25) is 0 Å². The molecule has 0 aliphatic rings. The van der Waals surface area contributed by atoms with E-state index in [1.165, 1.54) is 5.56 Å². The molecule has 0 bridgehead atoms. The summed E-state index contributed by atoms with van der Waals surface area (Å²) in [5.41, 5.74) is 1.24. The zero-order chi connectivity index (χ0) is 8.97. The molecule has 0 N–H and O–H groups in total. The average Bonchev–Trinajstić information content (AvgIpc) is 2.05. The van der Waals surface area contributed by atoms with Crippen molar-refractivity contribution < 1.29 is 4.74 Å². The van der Waals surface area contributed by atoms with Gasteiger partial charge in [0.1, 0.15) is 5.75 Å². The molecule has 1 atom stereocenters. The summed E-state index contributed by atoms with van der Waals surface area (Å²) in [6.45, 7) is 3.81. The van der Waals surface area contributed by atoms with Crippen molar-refractivity contribution in [1.82, 2.24) is 0 Å². The van der Waals surface area contributed by atoms with Crippen LogP contribution in [0.2, 0.25) is 0 Å². The Kier molecular flexibility index (Phi) is 3.48. The minimum absolute atomic E-state index is 0.165. The van der Waals surface area contributed by atoms with Crippen LogP contribution in [0.15, 0.2) is 24.3 Å². The molecule has 0 saturated heterocycles. The maximum atomic E-state index is 5.04. The van der Waals surface area contributed by atoms with Gasteiger partial charge in [0.15, 0.2) is 0 Å². The summed E-state index contributed by atoms with van der Waals surface area (Å²) in [6.07, 6.45) is 0.896. The Bertz CT molecular complexity index is 228. The summed E-state index contributed by atoms with van der Waals surface area (Å²) in [4.78, 5) is 0. The molecule has 65 valence electrons. The van der Waals surface area contributed by atoms with Crippen LogP contribution in [-0.2, 0) is 6.42 Å². The van der Waals surface area contributed by atoms with E-state index in [1.807, 2.05) is 24.3 Å². The fourth-order valence-electron chi connectivity index (χ4n) is 1.03. The number of hydrogen-bond acceptors (Lipinski definition) is 2. The van der Waals surface area contributed by atoms with E-state index in [0.717, 1.165) is 12.2 Å². The molecule has 1 radical (unpaired) electrons. The highest BCUT2D eigenvalue weighted by atomic mass is 32.1. The number of ether oxygens (including phenoxy) is 1. The number of rotatable bonds is 3. The topological polar surface area (TPSA) is 9.23 Å². The van der Waals surface area contributed by atoms with Crippen molar-refractivity contribution in [2.24, 2.45) is 0 Å². The lowest BCUT2D eigenvalue weighted by atomic mass is 10.1. The predicted octanol–water partition coefficient (Wildman–Crippen LogP) is 2.37. The Hall–Kier alpha value is -0.630. The van der Waals surface area contributed by atoms with Gasteiger partial charge in [-0.05, 0) is 31.0 Å². The Morgan fingerprint density at radius 3 is 2.42 bits per heavy atom. The van der Waals surface area contributed by atoms with Crippen LogP contribution in [0, 0.1) is 6.92 Å². The number of hydrogen-bond donors (Lipinski definition) is 1. The fraction of sp³-hybridized carbons (Fsp3) is 0.300. The zero-order valence-corrected chi connectivity index (χ0v) is 8.05. The second kappa shape index (κ2) is 4.41. The normalized spacial score (nSPS) is 12.6. The first-order valence-corrected chi connectivity index (χ1v) is 4.38. The summed E-state index contributed by atoms with van der Waals surface area (Å²) in [5, 5.41) is 0.165. The standard InChI is InChI=1S/C10H13OS/c1-8(12)7-9-3-5-10(11-2)6-4-9/h3-6,8,12H,1,7H2,2H3. The van der Waals surface area contributed by atoms with Gasteiger partial charge < -0.3 is 4.74 Å². The van der Waals surface area contributed by atoms with Gasteiger partial charge in [-0.1, -0.05) is 12.1 Å². The zero-order valence-electron chi connectivity index (χ0n) is 7.16. The molecule has 0 spiro atoms. The molecule has 2 heteroatoms. The van der Waals surface area contributed by atoms with Gasteiger partial charge in [0, 0.05) is 5.25 Å². The van der Waals surface area contributed by atoms with Gasteiger partial charge in [0.05, 0.1) is 7.11 Å². The van der Waals surface area contributed by atoms with Crippen LogP contribution in [0.25, 0.3) is 0 Å². The van der Waals surface area contributed by atoms with Crippen LogP contribution >= 0.6 is 12.6 Å². The van der Waals surface area contributed by atoms with Crippen molar-refractivity contribution in [2.75, 3.05) is 7.11 Å². The molecule has 1 rings (SSSR count). The minimum atomic E-state index is 0.165. The van der Waals surface area contributed by atoms with E-state index in [-0.39, 0.29) is 5.25 Å². The molecule has 0 saturated carbocycles. The summed E-state index contributed by atoms with van der Waals surface area (Å²) < 4.78 is 5.04. The van der Waals surface area contributed by atoms with Crippen LogP contribution in [-0.4, -0.2) is 12.4 Å². The highest BCUT2D eigenvalue weighted by molar-refractivity contribution is 7.81. The van der Waals surface area contributed by atoms with Crippen molar-refractivity contribution in [3.63, 3.8) is 0 Å². The van der Waals surface area contributed by atoms with Gasteiger partial charge in [-0.2, -0.15) is 12.6 Å². The van der Waals surface area contributed by atoms with Gasteiger partial charge in [0.25, 0.3) is 0 Å². The summed E-state index contributed by atoms with van der Waals surface area (Å²) in [5.74, 6) is 0.888. The lowest BCUT2D eigenvalue weighted by Gasteiger charge is -2.04. The monoisotopic (exact) mass is 181 g/mol. The SMILES string of the molecule is [CH2]C(S)Cc1ccc(OC)cc1. The van der Waals surface area contributed by atoms with E-state index in [0.29, 0.717) is 0 Å². The summed E-state index contributed by atoms with van der Waals surface area (Å²) >= 11 is 4.22. The van der Waals surface area contributed by atoms with Crippen LogP contribution in [0.4, 0.5) is 0 Å². The maximum Gasteiger partial charge on any atom is 0.118 e. The van der Waals surface area contributed by atoms with Crippen molar-refractivity contribution in [1.29, 1.82) is 0 Å². The third-order valence-corrected chi connectivity index (χ3v) is 1.81. The van der Waals surface area contributed by atoms with Crippen LogP contribution < -0.4 is 4.74 Å². The lowest BCUT2D eigenvalue weighted by Crippen LogP contribution is -1.97. The van der Waals surface area contributed by atoms with Crippen molar-refractivity contribution >= 4 is 12.6 Å². The molecular weight excluding hydrogens is 168 g/mol. The average molecular weight is 181 g/mol. The van der Waals surface area contributed by atoms with E-state index >= 15 is 0 Å².